The molecule has 0 bridgehead atoms. The summed E-state index contributed by atoms with van der Waals surface area (Å²) in [4.78, 5) is 44.9. The van der Waals surface area contributed by atoms with E-state index in [1.807, 2.05) is 72.8 Å². The van der Waals surface area contributed by atoms with Crippen LogP contribution in [0, 0.1) is 0 Å². The van der Waals surface area contributed by atoms with Crippen molar-refractivity contribution in [3.05, 3.63) is 83.9 Å². The zero-order valence-corrected chi connectivity index (χ0v) is 26.4. The number of amides is 3. The van der Waals surface area contributed by atoms with Crippen molar-refractivity contribution >= 4 is 35.3 Å². The Labute approximate surface area is 270 Å². The van der Waals surface area contributed by atoms with Crippen LogP contribution in [0.3, 0.4) is 0 Å². The van der Waals surface area contributed by atoms with Crippen molar-refractivity contribution in [3.63, 3.8) is 0 Å². The molecule has 0 N–H and O–H groups in total. The van der Waals surface area contributed by atoms with E-state index in [1.165, 1.54) is 18.7 Å². The van der Waals surface area contributed by atoms with E-state index in [-0.39, 0.29) is 42.1 Å². The van der Waals surface area contributed by atoms with Crippen molar-refractivity contribution in [2.24, 2.45) is 0 Å². The smallest absolute Gasteiger partial charge is 0.242 e. The minimum atomic E-state index is -0.310. The number of aromatic nitrogens is 2. The maximum absolute atomic E-state index is 14.1. The number of carbonyl (C=O) groups is 3. The van der Waals surface area contributed by atoms with E-state index in [0.29, 0.717) is 54.9 Å². The molecule has 4 aromatic rings. The van der Waals surface area contributed by atoms with Crippen molar-refractivity contribution in [2.75, 3.05) is 57.3 Å². The molecule has 0 spiro atoms. The Morgan fingerprint density at radius 1 is 0.935 bits per heavy atom. The van der Waals surface area contributed by atoms with E-state index >= 15 is 0 Å². The zero-order valence-electron chi connectivity index (χ0n) is 25.5. The van der Waals surface area contributed by atoms with E-state index < -0.39 is 0 Å². The summed E-state index contributed by atoms with van der Waals surface area (Å²) >= 11 is 1.50. The quantitative estimate of drug-likeness (QED) is 0.310. The van der Waals surface area contributed by atoms with Gasteiger partial charge in [0.2, 0.25) is 24.5 Å². The SMILES string of the molecule is COc1ccc(-n2nc(-c3ccccc3)c3c2N(CC(=O)N2CCN(C(C)=O)CC2)C(=O)CS[C@@H]3c2ccc3c(c2)OCO3)cc1. The van der Waals surface area contributed by atoms with Crippen LogP contribution < -0.4 is 19.1 Å². The number of methoxy groups -OCH3 is 1. The number of hydrogen-bond donors (Lipinski definition) is 0. The summed E-state index contributed by atoms with van der Waals surface area (Å²) in [6, 6.07) is 23.2. The van der Waals surface area contributed by atoms with Crippen LogP contribution in [-0.4, -0.2) is 89.7 Å². The molecule has 236 valence electrons. The number of fused-ring (bicyclic) bond motifs is 2. The lowest BCUT2D eigenvalue weighted by molar-refractivity contribution is -0.137. The lowest BCUT2D eigenvalue weighted by Gasteiger charge is -2.35. The number of benzene rings is 3. The van der Waals surface area contributed by atoms with Gasteiger partial charge in [0, 0.05) is 44.2 Å². The number of thioether (sulfide) groups is 1. The minimum Gasteiger partial charge on any atom is -0.497 e. The molecule has 3 aliphatic rings. The molecule has 3 aliphatic heterocycles. The molecular formula is C34H33N5O6S. The second-order valence-corrected chi connectivity index (χ2v) is 12.3. The van der Waals surface area contributed by atoms with Gasteiger partial charge in [0.1, 0.15) is 18.1 Å². The second-order valence-electron chi connectivity index (χ2n) is 11.2. The van der Waals surface area contributed by atoms with Gasteiger partial charge in [-0.2, -0.15) is 5.10 Å². The Hall–Kier alpha value is -4.97. The average Bonchev–Trinajstić information content (AvgIpc) is 3.69. The average molecular weight is 640 g/mol. The molecule has 1 atom stereocenters. The molecule has 0 aliphatic carbocycles. The number of rotatable bonds is 6. The van der Waals surface area contributed by atoms with Gasteiger partial charge in [-0.25, -0.2) is 4.68 Å². The van der Waals surface area contributed by atoms with Crippen molar-refractivity contribution in [1.82, 2.24) is 19.6 Å². The summed E-state index contributed by atoms with van der Waals surface area (Å²) in [5.74, 6) is 2.31. The summed E-state index contributed by atoms with van der Waals surface area (Å²) in [5.41, 5.74) is 4.08. The van der Waals surface area contributed by atoms with Crippen LogP contribution in [0.5, 0.6) is 17.2 Å². The predicted octanol–water partition coefficient (Wildman–Crippen LogP) is 4.14. The lowest BCUT2D eigenvalue weighted by Crippen LogP contribution is -2.53. The van der Waals surface area contributed by atoms with Crippen molar-refractivity contribution < 1.29 is 28.6 Å². The van der Waals surface area contributed by atoms with Crippen molar-refractivity contribution in [2.45, 2.75) is 12.2 Å². The van der Waals surface area contributed by atoms with Gasteiger partial charge >= 0.3 is 0 Å². The normalized spacial score (nSPS) is 17.5. The molecule has 46 heavy (non-hydrogen) atoms. The Morgan fingerprint density at radius 2 is 1.65 bits per heavy atom. The highest BCUT2D eigenvalue weighted by Gasteiger charge is 2.39. The second kappa shape index (κ2) is 12.4. The molecule has 3 amide bonds. The predicted molar refractivity (Wildman–Crippen MR) is 174 cm³/mol. The van der Waals surface area contributed by atoms with Gasteiger partial charge in [-0.05, 0) is 42.0 Å². The number of anilines is 1. The molecule has 7 rings (SSSR count). The Bertz CT molecular complexity index is 1790. The van der Waals surface area contributed by atoms with Gasteiger partial charge < -0.3 is 24.0 Å². The highest BCUT2D eigenvalue weighted by Crippen LogP contribution is 2.50. The van der Waals surface area contributed by atoms with Gasteiger partial charge in [0.25, 0.3) is 0 Å². The molecule has 0 unspecified atom stereocenters. The van der Waals surface area contributed by atoms with Gasteiger partial charge in [-0.3, -0.25) is 19.3 Å². The molecule has 0 radical (unpaired) electrons. The van der Waals surface area contributed by atoms with Crippen LogP contribution in [0.1, 0.15) is 23.3 Å². The molecule has 1 aromatic heterocycles. The largest absolute Gasteiger partial charge is 0.497 e. The Kier molecular flexibility index (Phi) is 8.03. The summed E-state index contributed by atoms with van der Waals surface area (Å²) < 4.78 is 18.5. The van der Waals surface area contributed by atoms with Gasteiger partial charge in [0.05, 0.1) is 29.5 Å². The first kappa shape index (κ1) is 29.7. The van der Waals surface area contributed by atoms with E-state index in [1.54, 1.807) is 26.5 Å². The standard InChI is InChI=1S/C34H33N5O6S/c1-22(40)36-14-16-37(17-15-36)29(41)19-38-30(42)20-46-33(24-8-13-27-28(18-24)45-21-44-27)31-32(23-6-4-3-5-7-23)35-39(34(31)38)25-9-11-26(43-2)12-10-25/h3-13,18,33H,14-17,19-21H2,1-2H3/t33-/m1/s1. The van der Waals surface area contributed by atoms with E-state index in [4.69, 9.17) is 19.3 Å². The molecule has 1 fully saturated rings. The third-order valence-corrected chi connectivity index (χ3v) is 9.78. The highest BCUT2D eigenvalue weighted by molar-refractivity contribution is 8.00. The zero-order chi connectivity index (χ0) is 31.8. The third-order valence-electron chi connectivity index (χ3n) is 8.52. The number of carbonyl (C=O) groups excluding carboxylic acids is 3. The first-order chi connectivity index (χ1) is 22.4. The fourth-order valence-electron chi connectivity index (χ4n) is 6.08. The summed E-state index contributed by atoms with van der Waals surface area (Å²) in [6.45, 7) is 3.28. The number of piperazine rings is 1. The third kappa shape index (κ3) is 5.53. The monoisotopic (exact) mass is 639 g/mol. The van der Waals surface area contributed by atoms with Crippen molar-refractivity contribution in [1.29, 1.82) is 0 Å². The van der Waals surface area contributed by atoms with Crippen LogP contribution in [0.2, 0.25) is 0 Å². The highest BCUT2D eigenvalue weighted by atomic mass is 32.2. The lowest BCUT2D eigenvalue weighted by atomic mass is 9.99. The van der Waals surface area contributed by atoms with Crippen LogP contribution in [0.4, 0.5) is 5.82 Å². The Morgan fingerprint density at radius 3 is 2.37 bits per heavy atom. The maximum atomic E-state index is 14.1. The first-order valence-corrected chi connectivity index (χ1v) is 16.1. The molecule has 4 heterocycles. The molecule has 1 saturated heterocycles. The molecule has 12 heteroatoms. The minimum absolute atomic E-state index is 0.0112. The number of nitrogens with zero attached hydrogens (tertiary/aromatic N) is 5. The maximum Gasteiger partial charge on any atom is 0.242 e. The number of ether oxygens (including phenoxy) is 3. The van der Waals surface area contributed by atoms with Crippen LogP contribution >= 0.6 is 11.8 Å². The van der Waals surface area contributed by atoms with Crippen molar-refractivity contribution in [3.8, 4) is 34.2 Å². The Balaban J connectivity index is 1.38. The van der Waals surface area contributed by atoms with Gasteiger partial charge in [-0.1, -0.05) is 36.4 Å². The summed E-state index contributed by atoms with van der Waals surface area (Å²) in [7, 11) is 1.61. The molecular weight excluding hydrogens is 606 g/mol. The van der Waals surface area contributed by atoms with E-state index in [9.17, 15) is 14.4 Å². The number of hydrogen-bond acceptors (Lipinski definition) is 8. The topological polar surface area (TPSA) is 106 Å². The molecule has 0 saturated carbocycles. The van der Waals surface area contributed by atoms with Crippen LogP contribution in [-0.2, 0) is 14.4 Å². The summed E-state index contributed by atoms with van der Waals surface area (Å²) in [6.07, 6.45) is 0. The first-order valence-electron chi connectivity index (χ1n) is 15.1. The van der Waals surface area contributed by atoms with E-state index in [0.717, 1.165) is 22.4 Å². The summed E-state index contributed by atoms with van der Waals surface area (Å²) in [5, 5.41) is 4.84. The van der Waals surface area contributed by atoms with E-state index in [2.05, 4.69) is 0 Å². The molecule has 11 nitrogen and oxygen atoms in total. The fourth-order valence-corrected chi connectivity index (χ4v) is 7.27. The van der Waals surface area contributed by atoms with Gasteiger partial charge in [0.15, 0.2) is 11.5 Å². The van der Waals surface area contributed by atoms with Crippen LogP contribution in [0.15, 0.2) is 72.8 Å². The fraction of sp³-hybridized carbons (Fsp3) is 0.294. The van der Waals surface area contributed by atoms with Gasteiger partial charge in [-0.15, -0.1) is 11.8 Å². The van der Waals surface area contributed by atoms with Crippen LogP contribution in [0.25, 0.3) is 16.9 Å². The molecule has 3 aromatic carbocycles.